The lowest BCUT2D eigenvalue weighted by atomic mass is 10.1. The van der Waals surface area contributed by atoms with Gasteiger partial charge in [0.25, 0.3) is 0 Å². The molecule has 0 aliphatic carbocycles. The number of nitrogen functional groups attached to an aromatic ring is 1. The number of rotatable bonds is 3. The molecule has 1 saturated heterocycles. The molecule has 28 heavy (non-hydrogen) atoms. The lowest BCUT2D eigenvalue weighted by Crippen LogP contribution is -2.37. The zero-order chi connectivity index (χ0) is 18.9. The van der Waals surface area contributed by atoms with Gasteiger partial charge in [0, 0.05) is 23.5 Å². The molecule has 1 aromatic carbocycles. The Morgan fingerprint density at radius 1 is 0.964 bits per heavy atom. The van der Waals surface area contributed by atoms with E-state index in [4.69, 9.17) is 15.5 Å². The number of anilines is 2. The summed E-state index contributed by atoms with van der Waals surface area (Å²) in [6, 6.07) is 12.5. The Morgan fingerprint density at radius 2 is 1.75 bits per heavy atom. The third kappa shape index (κ3) is 3.17. The second-order valence-electron chi connectivity index (χ2n) is 6.49. The molecule has 7 nitrogen and oxygen atoms in total. The Morgan fingerprint density at radius 3 is 2.50 bits per heavy atom. The zero-order valence-corrected chi connectivity index (χ0v) is 15.9. The molecule has 1 aliphatic rings. The molecule has 0 bridgehead atoms. The van der Waals surface area contributed by atoms with Crippen molar-refractivity contribution >= 4 is 34.3 Å². The Kier molecular flexibility index (Phi) is 4.34. The quantitative estimate of drug-likeness (QED) is 0.574. The maximum absolute atomic E-state index is 5.90. The third-order valence-electron chi connectivity index (χ3n) is 4.70. The van der Waals surface area contributed by atoms with Gasteiger partial charge in [-0.2, -0.15) is 9.97 Å². The summed E-state index contributed by atoms with van der Waals surface area (Å²) in [4.78, 5) is 21.4. The van der Waals surface area contributed by atoms with E-state index in [0.717, 1.165) is 30.2 Å². The van der Waals surface area contributed by atoms with E-state index in [0.29, 0.717) is 24.4 Å². The number of hydrogen-bond acceptors (Lipinski definition) is 8. The van der Waals surface area contributed by atoms with Crippen LogP contribution >= 0.6 is 11.3 Å². The van der Waals surface area contributed by atoms with Crippen molar-refractivity contribution < 1.29 is 4.74 Å². The number of morpholine rings is 1. The molecule has 1 fully saturated rings. The van der Waals surface area contributed by atoms with Crippen LogP contribution in [-0.4, -0.2) is 46.2 Å². The first kappa shape index (κ1) is 17.0. The van der Waals surface area contributed by atoms with Gasteiger partial charge in [-0.1, -0.05) is 30.3 Å². The van der Waals surface area contributed by atoms with E-state index in [1.54, 1.807) is 17.5 Å². The highest BCUT2D eigenvalue weighted by molar-refractivity contribution is 7.13. The fourth-order valence-corrected chi connectivity index (χ4v) is 4.03. The molecule has 0 spiro atoms. The van der Waals surface area contributed by atoms with Crippen molar-refractivity contribution in [3.8, 4) is 21.7 Å². The lowest BCUT2D eigenvalue weighted by molar-refractivity contribution is 0.122. The van der Waals surface area contributed by atoms with E-state index >= 15 is 0 Å². The average molecular weight is 390 g/mol. The summed E-state index contributed by atoms with van der Waals surface area (Å²) in [7, 11) is 0. The maximum Gasteiger partial charge on any atom is 0.224 e. The minimum Gasteiger partial charge on any atom is -0.378 e. The number of benzene rings is 1. The molecule has 140 valence electrons. The van der Waals surface area contributed by atoms with Gasteiger partial charge in [0.2, 0.25) is 5.95 Å². The van der Waals surface area contributed by atoms with E-state index in [-0.39, 0.29) is 5.95 Å². The Balaban J connectivity index is 1.56. The molecule has 0 amide bonds. The van der Waals surface area contributed by atoms with Crippen LogP contribution in [0, 0.1) is 0 Å². The van der Waals surface area contributed by atoms with Crippen LogP contribution in [0.25, 0.3) is 32.9 Å². The van der Waals surface area contributed by atoms with Crippen molar-refractivity contribution in [1.29, 1.82) is 0 Å². The molecule has 0 atom stereocenters. The van der Waals surface area contributed by atoms with Crippen LogP contribution in [0.2, 0.25) is 0 Å². The summed E-state index contributed by atoms with van der Waals surface area (Å²) in [5, 5.41) is 2.08. The average Bonchev–Trinajstić information content (AvgIpc) is 3.28. The Hall–Kier alpha value is -3.10. The molecule has 8 heteroatoms. The van der Waals surface area contributed by atoms with E-state index in [9.17, 15) is 0 Å². The number of thiophene rings is 1. The standard InChI is InChI=1S/C20H18N6OS/c21-20-24-18-17(19(25-20)26-7-9-27-10-8-26)23-15(12-22-18)13-3-5-14(6-4-13)16-2-1-11-28-16/h1-6,11-12H,7-10H2,(H2,21,22,24,25). The van der Waals surface area contributed by atoms with Crippen molar-refractivity contribution in [2.75, 3.05) is 36.9 Å². The van der Waals surface area contributed by atoms with E-state index in [2.05, 4.69) is 61.6 Å². The SMILES string of the molecule is Nc1nc(N2CCOCC2)c2nc(-c3ccc(-c4cccs4)cc3)cnc2n1. The summed E-state index contributed by atoms with van der Waals surface area (Å²) >= 11 is 1.73. The minimum atomic E-state index is 0.205. The summed E-state index contributed by atoms with van der Waals surface area (Å²) in [5.74, 6) is 0.923. The molecule has 4 aromatic rings. The fraction of sp³-hybridized carbons (Fsp3) is 0.200. The highest BCUT2D eigenvalue weighted by Crippen LogP contribution is 2.29. The van der Waals surface area contributed by atoms with Gasteiger partial charge in [0.05, 0.1) is 25.1 Å². The molecule has 0 unspecified atom stereocenters. The van der Waals surface area contributed by atoms with Crippen LogP contribution in [-0.2, 0) is 4.74 Å². The van der Waals surface area contributed by atoms with Crippen LogP contribution in [0.5, 0.6) is 0 Å². The van der Waals surface area contributed by atoms with E-state index in [1.165, 1.54) is 10.4 Å². The maximum atomic E-state index is 5.90. The topological polar surface area (TPSA) is 90.0 Å². The van der Waals surface area contributed by atoms with Gasteiger partial charge in [0.15, 0.2) is 17.0 Å². The number of aromatic nitrogens is 4. The molecule has 1 aliphatic heterocycles. The van der Waals surface area contributed by atoms with Crippen molar-refractivity contribution in [2.24, 2.45) is 0 Å². The number of ether oxygens (including phenoxy) is 1. The van der Waals surface area contributed by atoms with E-state index < -0.39 is 0 Å². The molecular formula is C20H18N6OS. The van der Waals surface area contributed by atoms with Crippen molar-refractivity contribution in [3.05, 3.63) is 48.0 Å². The molecule has 2 N–H and O–H groups in total. The molecule has 0 radical (unpaired) electrons. The number of nitrogens with zero attached hydrogens (tertiary/aromatic N) is 5. The summed E-state index contributed by atoms with van der Waals surface area (Å²) in [6.07, 6.45) is 1.73. The van der Waals surface area contributed by atoms with Crippen molar-refractivity contribution in [2.45, 2.75) is 0 Å². The zero-order valence-electron chi connectivity index (χ0n) is 15.1. The van der Waals surface area contributed by atoms with Crippen LogP contribution < -0.4 is 10.6 Å². The van der Waals surface area contributed by atoms with Crippen molar-refractivity contribution in [3.63, 3.8) is 0 Å². The third-order valence-corrected chi connectivity index (χ3v) is 5.62. The van der Waals surface area contributed by atoms with Gasteiger partial charge in [-0.05, 0) is 17.0 Å². The molecule has 4 heterocycles. The lowest BCUT2D eigenvalue weighted by Gasteiger charge is -2.28. The fourth-order valence-electron chi connectivity index (χ4n) is 3.29. The van der Waals surface area contributed by atoms with Crippen molar-refractivity contribution in [1.82, 2.24) is 19.9 Å². The Labute approximate surface area is 165 Å². The van der Waals surface area contributed by atoms with Gasteiger partial charge in [-0.3, -0.25) is 0 Å². The molecule has 5 rings (SSSR count). The van der Waals surface area contributed by atoms with Crippen LogP contribution in [0.15, 0.2) is 48.0 Å². The smallest absolute Gasteiger partial charge is 0.224 e. The number of hydrogen-bond donors (Lipinski definition) is 1. The summed E-state index contributed by atoms with van der Waals surface area (Å²) in [5.41, 5.74) is 10.0. The van der Waals surface area contributed by atoms with E-state index in [1.807, 2.05) is 0 Å². The first-order chi connectivity index (χ1) is 13.8. The van der Waals surface area contributed by atoms with Crippen LogP contribution in [0.3, 0.4) is 0 Å². The normalized spacial score (nSPS) is 14.5. The predicted octanol–water partition coefficient (Wildman–Crippen LogP) is 3.23. The first-order valence-electron chi connectivity index (χ1n) is 9.05. The highest BCUT2D eigenvalue weighted by atomic mass is 32.1. The minimum absolute atomic E-state index is 0.205. The second-order valence-corrected chi connectivity index (χ2v) is 7.43. The highest BCUT2D eigenvalue weighted by Gasteiger charge is 2.19. The Bertz CT molecular complexity index is 1110. The monoisotopic (exact) mass is 390 g/mol. The first-order valence-corrected chi connectivity index (χ1v) is 9.93. The van der Waals surface area contributed by atoms with Gasteiger partial charge in [-0.25, -0.2) is 9.97 Å². The second kappa shape index (κ2) is 7.14. The summed E-state index contributed by atoms with van der Waals surface area (Å²) in [6.45, 7) is 2.80. The van der Waals surface area contributed by atoms with Gasteiger partial charge >= 0.3 is 0 Å². The number of fused-ring (bicyclic) bond motifs is 1. The van der Waals surface area contributed by atoms with Crippen LogP contribution in [0.1, 0.15) is 0 Å². The largest absolute Gasteiger partial charge is 0.378 e. The van der Waals surface area contributed by atoms with Gasteiger partial charge in [-0.15, -0.1) is 11.3 Å². The summed E-state index contributed by atoms with van der Waals surface area (Å²) < 4.78 is 5.45. The van der Waals surface area contributed by atoms with Gasteiger partial charge < -0.3 is 15.4 Å². The van der Waals surface area contributed by atoms with Gasteiger partial charge in [0.1, 0.15) is 0 Å². The molecular weight excluding hydrogens is 372 g/mol. The molecule has 3 aromatic heterocycles. The van der Waals surface area contributed by atoms with Crippen LogP contribution in [0.4, 0.5) is 11.8 Å². The molecule has 0 saturated carbocycles. The predicted molar refractivity (Wildman–Crippen MR) is 111 cm³/mol. The number of nitrogens with two attached hydrogens (primary N) is 1.